The first-order valence-corrected chi connectivity index (χ1v) is 13.6. The molecule has 1 spiro atoms. The number of hydrogen-bond donors (Lipinski definition) is 1. The number of nitrogens with zero attached hydrogens (tertiary/aromatic N) is 2. The molecule has 8 nitrogen and oxygen atoms in total. The number of ether oxygens (including phenoxy) is 3. The van der Waals surface area contributed by atoms with Crippen molar-refractivity contribution >= 4 is 11.9 Å². The van der Waals surface area contributed by atoms with Gasteiger partial charge in [-0.1, -0.05) is 38.1 Å². The van der Waals surface area contributed by atoms with Gasteiger partial charge in [0, 0.05) is 25.2 Å². The van der Waals surface area contributed by atoms with Crippen molar-refractivity contribution in [2.75, 3.05) is 47.0 Å². The molecule has 1 N–H and O–H groups in total. The first-order chi connectivity index (χ1) is 19.4. The third kappa shape index (κ3) is 8.51. The standard InChI is InChI=1S/C28H38N2O4.C2HF3O2/c1-21(2)19-34-24-10-6-5-8-22(24)18-29-15-12-28(13-16-29)14-17-30(20-28)27(31)23-9-7-11-25(32-3)26(23)33-4;3-2(4,5)1(6)7/h5-11,21H,12-20H2,1-4H3;(H,6,7). The molecular weight excluding hydrogens is 541 g/mol. The lowest BCUT2D eigenvalue weighted by Crippen LogP contribution is -2.42. The fourth-order valence-electron chi connectivity index (χ4n) is 5.20. The minimum atomic E-state index is -5.08. The molecule has 2 aliphatic rings. The van der Waals surface area contributed by atoms with Crippen LogP contribution in [0, 0.1) is 11.3 Å². The molecule has 2 aromatic carbocycles. The molecule has 0 atom stereocenters. The summed E-state index contributed by atoms with van der Waals surface area (Å²) in [7, 11) is 3.18. The molecule has 1 amide bonds. The lowest BCUT2D eigenvalue weighted by molar-refractivity contribution is -0.192. The Balaban J connectivity index is 0.000000587. The number of benzene rings is 2. The molecule has 0 aromatic heterocycles. The predicted molar refractivity (Wildman–Crippen MR) is 147 cm³/mol. The SMILES string of the molecule is COc1cccc(C(=O)N2CCC3(CCN(Cc4ccccc4OCC(C)C)CC3)C2)c1OC.O=C(O)C(F)(F)F. The van der Waals surface area contributed by atoms with Gasteiger partial charge in [-0.15, -0.1) is 0 Å². The molecule has 0 aliphatic carbocycles. The predicted octanol–water partition coefficient (Wildman–Crippen LogP) is 5.50. The first kappa shape index (κ1) is 32.0. The highest BCUT2D eigenvalue weighted by molar-refractivity contribution is 5.98. The van der Waals surface area contributed by atoms with Crippen molar-refractivity contribution in [3.05, 3.63) is 53.6 Å². The number of piperidine rings is 1. The van der Waals surface area contributed by atoms with Gasteiger partial charge in [-0.2, -0.15) is 13.2 Å². The Morgan fingerprint density at radius 1 is 0.951 bits per heavy atom. The Morgan fingerprint density at radius 3 is 2.15 bits per heavy atom. The van der Waals surface area contributed by atoms with E-state index in [1.807, 2.05) is 29.2 Å². The molecule has 41 heavy (non-hydrogen) atoms. The summed E-state index contributed by atoms with van der Waals surface area (Å²) >= 11 is 0. The van der Waals surface area contributed by atoms with E-state index in [4.69, 9.17) is 24.1 Å². The highest BCUT2D eigenvalue weighted by Crippen LogP contribution is 2.42. The molecule has 0 bridgehead atoms. The summed E-state index contributed by atoms with van der Waals surface area (Å²) in [4.78, 5) is 26.8. The number of amides is 1. The van der Waals surface area contributed by atoms with Crippen LogP contribution in [0.15, 0.2) is 42.5 Å². The van der Waals surface area contributed by atoms with Crippen molar-refractivity contribution in [3.8, 4) is 17.2 Å². The summed E-state index contributed by atoms with van der Waals surface area (Å²) in [5.41, 5.74) is 2.05. The summed E-state index contributed by atoms with van der Waals surface area (Å²) in [6, 6.07) is 13.9. The number of methoxy groups -OCH3 is 2. The smallest absolute Gasteiger partial charge is 0.490 e. The van der Waals surface area contributed by atoms with Crippen molar-refractivity contribution in [1.82, 2.24) is 9.80 Å². The number of carboxylic acid groups (broad SMARTS) is 1. The lowest BCUT2D eigenvalue weighted by atomic mass is 9.77. The van der Waals surface area contributed by atoms with Crippen LogP contribution in [-0.4, -0.2) is 80.0 Å². The molecule has 4 rings (SSSR count). The number of rotatable bonds is 8. The number of hydrogen-bond acceptors (Lipinski definition) is 6. The van der Waals surface area contributed by atoms with Crippen LogP contribution in [0.3, 0.4) is 0 Å². The Kier molecular flexibility index (Phi) is 10.9. The van der Waals surface area contributed by atoms with E-state index in [9.17, 15) is 18.0 Å². The fraction of sp³-hybridized carbons (Fsp3) is 0.533. The second-order valence-electron chi connectivity index (χ2n) is 10.9. The van der Waals surface area contributed by atoms with Crippen molar-refractivity contribution in [2.45, 2.75) is 45.8 Å². The van der Waals surface area contributed by atoms with Gasteiger partial charge in [0.25, 0.3) is 5.91 Å². The van der Waals surface area contributed by atoms with Crippen LogP contribution >= 0.6 is 0 Å². The van der Waals surface area contributed by atoms with Gasteiger partial charge >= 0.3 is 12.1 Å². The van der Waals surface area contributed by atoms with Crippen LogP contribution < -0.4 is 14.2 Å². The number of para-hydroxylation sites is 2. The number of alkyl halides is 3. The van der Waals surface area contributed by atoms with E-state index in [1.165, 1.54) is 5.56 Å². The third-order valence-corrected chi connectivity index (χ3v) is 7.46. The van der Waals surface area contributed by atoms with Crippen molar-refractivity contribution in [3.63, 3.8) is 0 Å². The lowest BCUT2D eigenvalue weighted by Gasteiger charge is -2.39. The maximum atomic E-state index is 13.3. The highest BCUT2D eigenvalue weighted by Gasteiger charge is 2.42. The van der Waals surface area contributed by atoms with Crippen LogP contribution in [0.4, 0.5) is 13.2 Å². The van der Waals surface area contributed by atoms with E-state index >= 15 is 0 Å². The van der Waals surface area contributed by atoms with Gasteiger partial charge < -0.3 is 24.2 Å². The summed E-state index contributed by atoms with van der Waals surface area (Å²) < 4.78 is 48.7. The van der Waals surface area contributed by atoms with Gasteiger partial charge in [-0.05, 0) is 61.9 Å². The number of carbonyl (C=O) groups excluding carboxylic acids is 1. The minimum absolute atomic E-state index is 0.0336. The monoisotopic (exact) mass is 580 g/mol. The highest BCUT2D eigenvalue weighted by atomic mass is 19.4. The van der Waals surface area contributed by atoms with Crippen molar-refractivity contribution < 1.29 is 42.1 Å². The summed E-state index contributed by atoms with van der Waals surface area (Å²) in [6.07, 6.45) is -1.80. The molecule has 0 saturated carbocycles. The Hall–Kier alpha value is -3.47. The largest absolute Gasteiger partial charge is 0.493 e. The topological polar surface area (TPSA) is 88.5 Å². The van der Waals surface area contributed by atoms with Crippen molar-refractivity contribution in [1.29, 1.82) is 0 Å². The van der Waals surface area contributed by atoms with Gasteiger partial charge in [-0.25, -0.2) is 4.79 Å². The van der Waals surface area contributed by atoms with E-state index in [0.29, 0.717) is 23.0 Å². The van der Waals surface area contributed by atoms with E-state index < -0.39 is 12.1 Å². The fourth-order valence-corrected chi connectivity index (χ4v) is 5.20. The molecule has 2 fully saturated rings. The average Bonchev–Trinajstić information content (AvgIpc) is 3.36. The second-order valence-corrected chi connectivity index (χ2v) is 10.9. The summed E-state index contributed by atoms with van der Waals surface area (Å²) in [6.45, 7) is 9.70. The van der Waals surface area contributed by atoms with E-state index in [-0.39, 0.29) is 11.3 Å². The second kappa shape index (κ2) is 13.9. The van der Waals surface area contributed by atoms with Gasteiger partial charge in [0.05, 0.1) is 26.4 Å². The molecule has 226 valence electrons. The molecule has 2 heterocycles. The summed E-state index contributed by atoms with van der Waals surface area (Å²) in [5.74, 6) is -0.106. The Labute approximate surface area is 239 Å². The first-order valence-electron chi connectivity index (χ1n) is 13.6. The van der Waals surface area contributed by atoms with Gasteiger partial charge in [0.15, 0.2) is 11.5 Å². The molecular formula is C30H39F3N2O6. The van der Waals surface area contributed by atoms with Gasteiger partial charge in [0.1, 0.15) is 5.75 Å². The Bertz CT molecular complexity index is 1180. The van der Waals surface area contributed by atoms with Crippen LogP contribution in [0.25, 0.3) is 0 Å². The van der Waals surface area contributed by atoms with Crippen LogP contribution in [0.5, 0.6) is 17.2 Å². The maximum Gasteiger partial charge on any atom is 0.490 e. The molecule has 2 saturated heterocycles. The molecule has 2 aromatic rings. The van der Waals surface area contributed by atoms with Crippen LogP contribution in [-0.2, 0) is 11.3 Å². The molecule has 0 unspecified atom stereocenters. The normalized spacial score (nSPS) is 16.7. The van der Waals surface area contributed by atoms with Gasteiger partial charge in [0.2, 0.25) is 0 Å². The number of halogens is 3. The molecule has 0 radical (unpaired) electrons. The zero-order chi connectivity index (χ0) is 30.2. The number of carboxylic acids is 1. The molecule has 11 heteroatoms. The average molecular weight is 581 g/mol. The van der Waals surface area contributed by atoms with Gasteiger partial charge in [-0.3, -0.25) is 9.69 Å². The number of aliphatic carboxylic acids is 1. The zero-order valence-corrected chi connectivity index (χ0v) is 24.0. The van der Waals surface area contributed by atoms with Crippen LogP contribution in [0.2, 0.25) is 0 Å². The van der Waals surface area contributed by atoms with E-state index in [1.54, 1.807) is 14.2 Å². The van der Waals surface area contributed by atoms with E-state index in [0.717, 1.165) is 64.3 Å². The van der Waals surface area contributed by atoms with Crippen LogP contribution in [0.1, 0.15) is 49.0 Å². The Morgan fingerprint density at radius 2 is 1.56 bits per heavy atom. The zero-order valence-electron chi connectivity index (χ0n) is 24.0. The third-order valence-electron chi connectivity index (χ3n) is 7.46. The maximum absolute atomic E-state index is 13.3. The van der Waals surface area contributed by atoms with Crippen molar-refractivity contribution in [2.24, 2.45) is 11.3 Å². The summed E-state index contributed by atoms with van der Waals surface area (Å²) in [5, 5.41) is 7.12. The number of carbonyl (C=O) groups is 2. The quantitative estimate of drug-likeness (QED) is 0.441. The molecule has 2 aliphatic heterocycles. The van der Waals surface area contributed by atoms with E-state index in [2.05, 4.69) is 36.9 Å². The minimum Gasteiger partial charge on any atom is -0.493 e. The number of likely N-dealkylation sites (tertiary alicyclic amines) is 2.